The van der Waals surface area contributed by atoms with Crippen LogP contribution in [0.5, 0.6) is 5.75 Å². The molecule has 0 unspecified atom stereocenters. The highest BCUT2D eigenvalue weighted by Gasteiger charge is 2.44. The molecule has 0 aliphatic carbocycles. The topological polar surface area (TPSA) is 35.2 Å². The smallest absolute Gasteiger partial charge is 0.428 e. The maximum Gasteiger partial charge on any atom is 0.461 e. The van der Waals surface area contributed by atoms with Gasteiger partial charge in [-0.2, -0.15) is 17.6 Å². The van der Waals surface area contributed by atoms with Gasteiger partial charge in [-0.3, -0.25) is 0 Å². The van der Waals surface area contributed by atoms with Crippen LogP contribution < -0.4 is 10.5 Å². The van der Waals surface area contributed by atoms with Crippen molar-refractivity contribution in [3.05, 3.63) is 29.8 Å². The molecule has 0 bridgehead atoms. The summed E-state index contributed by atoms with van der Waals surface area (Å²) in [5.41, 5.74) is 6.24. The number of ether oxygens (including phenoxy) is 1. The fraction of sp³-hybridized carbons (Fsp3) is 0.538. The van der Waals surface area contributed by atoms with Gasteiger partial charge < -0.3 is 10.5 Å². The lowest BCUT2D eigenvalue weighted by molar-refractivity contribution is -0.253. The maximum atomic E-state index is 12.8. The zero-order valence-corrected chi connectivity index (χ0v) is 12.2. The summed E-state index contributed by atoms with van der Waals surface area (Å²) in [6.45, 7) is 5.66. The molecule has 1 aromatic carbocycles. The Morgan fingerprint density at radius 3 is 2.15 bits per heavy atom. The molecule has 0 radical (unpaired) electrons. The summed E-state index contributed by atoms with van der Waals surface area (Å²) in [7, 11) is 0. The molecular weight excluding hydrogens is 298 g/mol. The van der Waals surface area contributed by atoms with E-state index in [0.717, 1.165) is 0 Å². The Kier molecular flexibility index (Phi) is 6.29. The molecule has 0 amide bonds. The van der Waals surface area contributed by atoms with Crippen LogP contribution in [0, 0.1) is 5.41 Å². The summed E-state index contributed by atoms with van der Waals surface area (Å²) < 4.78 is 53.7. The predicted octanol–water partition coefficient (Wildman–Crippen LogP) is 4.39. The highest BCUT2D eigenvalue weighted by molar-refractivity contribution is 5.85. The van der Waals surface area contributed by atoms with Crippen molar-refractivity contribution in [1.82, 2.24) is 0 Å². The summed E-state index contributed by atoms with van der Waals surface area (Å²) in [5, 5.41) is 0. The van der Waals surface area contributed by atoms with Crippen molar-refractivity contribution in [2.45, 2.75) is 39.3 Å². The highest BCUT2D eigenvalue weighted by Crippen LogP contribution is 2.33. The molecule has 2 nitrogen and oxygen atoms in total. The molecule has 0 fully saturated rings. The minimum absolute atomic E-state index is 0. The first-order chi connectivity index (χ1) is 8.54. The third kappa shape index (κ3) is 4.83. The van der Waals surface area contributed by atoms with Crippen molar-refractivity contribution < 1.29 is 22.3 Å². The van der Waals surface area contributed by atoms with Gasteiger partial charge in [0.1, 0.15) is 5.75 Å². The molecule has 1 atom stereocenters. The Morgan fingerprint density at radius 2 is 1.70 bits per heavy atom. The Hall–Kier alpha value is -1.01. The average molecular weight is 316 g/mol. The van der Waals surface area contributed by atoms with Gasteiger partial charge in [-0.25, -0.2) is 0 Å². The third-order valence-corrected chi connectivity index (χ3v) is 2.66. The van der Waals surface area contributed by atoms with Gasteiger partial charge in [-0.05, 0) is 23.1 Å². The number of alkyl halides is 4. The molecular formula is C13H18ClF4NO. The van der Waals surface area contributed by atoms with Gasteiger partial charge in [0, 0.05) is 6.04 Å². The van der Waals surface area contributed by atoms with Gasteiger partial charge >= 0.3 is 12.5 Å². The quantitative estimate of drug-likeness (QED) is 0.836. The molecule has 0 aliphatic rings. The number of hydrogen-bond acceptors (Lipinski definition) is 2. The summed E-state index contributed by atoms with van der Waals surface area (Å²) in [6.07, 6.45) is -8.39. The molecule has 1 aromatic rings. The Labute approximate surface area is 121 Å². The third-order valence-electron chi connectivity index (χ3n) is 2.66. The summed E-state index contributed by atoms with van der Waals surface area (Å²) in [4.78, 5) is 0. The summed E-state index contributed by atoms with van der Waals surface area (Å²) in [5.74, 6) is -0.331. The molecule has 2 N–H and O–H groups in total. The van der Waals surface area contributed by atoms with E-state index >= 15 is 0 Å². The monoisotopic (exact) mass is 315 g/mol. The second-order valence-electron chi connectivity index (χ2n) is 5.38. The van der Waals surface area contributed by atoms with Crippen molar-refractivity contribution in [1.29, 1.82) is 0 Å². The van der Waals surface area contributed by atoms with Gasteiger partial charge in [0.25, 0.3) is 0 Å². The van der Waals surface area contributed by atoms with E-state index in [9.17, 15) is 17.6 Å². The lowest BCUT2D eigenvalue weighted by Crippen LogP contribution is -2.33. The van der Waals surface area contributed by atoms with E-state index in [-0.39, 0.29) is 23.6 Å². The van der Waals surface area contributed by atoms with Crippen LogP contribution >= 0.6 is 12.4 Å². The molecule has 0 aliphatic heterocycles. The Balaban J connectivity index is 0.00000361. The molecule has 0 saturated heterocycles. The normalized spacial score (nSPS) is 13.8. The number of benzene rings is 1. The lowest BCUT2D eigenvalue weighted by Gasteiger charge is -2.28. The second kappa shape index (κ2) is 6.63. The van der Waals surface area contributed by atoms with E-state index in [1.807, 2.05) is 20.8 Å². The fourth-order valence-electron chi connectivity index (χ4n) is 1.47. The lowest BCUT2D eigenvalue weighted by atomic mass is 9.83. The van der Waals surface area contributed by atoms with Crippen molar-refractivity contribution >= 4 is 12.4 Å². The van der Waals surface area contributed by atoms with Gasteiger partial charge in [-0.15, -0.1) is 12.4 Å². The van der Waals surface area contributed by atoms with E-state index in [1.165, 1.54) is 18.2 Å². The van der Waals surface area contributed by atoms with Crippen LogP contribution in [-0.4, -0.2) is 12.5 Å². The first kappa shape index (κ1) is 19.0. The maximum absolute atomic E-state index is 12.8. The molecule has 1 rings (SSSR count). The number of nitrogens with two attached hydrogens (primary N) is 1. The van der Waals surface area contributed by atoms with Crippen LogP contribution in [-0.2, 0) is 0 Å². The van der Waals surface area contributed by atoms with Crippen LogP contribution in [0.25, 0.3) is 0 Å². The predicted molar refractivity (Wildman–Crippen MR) is 71.7 cm³/mol. The van der Waals surface area contributed by atoms with Gasteiger partial charge in [0.15, 0.2) is 0 Å². The van der Waals surface area contributed by atoms with Crippen LogP contribution in [0.2, 0.25) is 0 Å². The minimum atomic E-state index is -4.51. The first-order valence-corrected chi connectivity index (χ1v) is 5.74. The van der Waals surface area contributed by atoms with Crippen LogP contribution in [0.4, 0.5) is 17.6 Å². The molecule has 0 aromatic heterocycles. The molecule has 116 valence electrons. The summed E-state index contributed by atoms with van der Waals surface area (Å²) >= 11 is 0. The van der Waals surface area contributed by atoms with Crippen molar-refractivity contribution in [3.63, 3.8) is 0 Å². The first-order valence-electron chi connectivity index (χ1n) is 5.74. The minimum Gasteiger partial charge on any atom is -0.428 e. The zero-order valence-electron chi connectivity index (χ0n) is 11.4. The van der Waals surface area contributed by atoms with Gasteiger partial charge in [0.05, 0.1) is 0 Å². The van der Waals surface area contributed by atoms with E-state index in [4.69, 9.17) is 5.73 Å². The number of hydrogen-bond donors (Lipinski definition) is 1. The average Bonchev–Trinajstić information content (AvgIpc) is 2.26. The highest BCUT2D eigenvalue weighted by atomic mass is 35.5. The molecule has 20 heavy (non-hydrogen) atoms. The van der Waals surface area contributed by atoms with Crippen molar-refractivity contribution in [3.8, 4) is 5.75 Å². The van der Waals surface area contributed by atoms with E-state index in [1.54, 1.807) is 6.07 Å². The molecule has 0 heterocycles. The van der Waals surface area contributed by atoms with E-state index in [0.29, 0.717) is 5.56 Å². The Bertz CT molecular complexity index is 435. The van der Waals surface area contributed by atoms with Gasteiger partial charge in [-0.1, -0.05) is 32.9 Å². The van der Waals surface area contributed by atoms with Crippen molar-refractivity contribution in [2.24, 2.45) is 11.1 Å². The van der Waals surface area contributed by atoms with E-state index in [2.05, 4.69) is 4.74 Å². The van der Waals surface area contributed by atoms with Crippen molar-refractivity contribution in [2.75, 3.05) is 0 Å². The standard InChI is InChI=1S/C13H17F4NO.ClH/c1-12(2,3)10(18)8-5-4-6-9(7-8)19-13(16,17)11(14)15;/h4-7,10-11H,18H2,1-3H3;1H/t10-;/m1./s1. The SMILES string of the molecule is CC(C)(C)[C@H](N)c1cccc(OC(F)(F)C(F)F)c1.Cl. The fourth-order valence-corrected chi connectivity index (χ4v) is 1.47. The van der Waals surface area contributed by atoms with Crippen LogP contribution in [0.15, 0.2) is 24.3 Å². The zero-order chi connectivity index (χ0) is 14.8. The van der Waals surface area contributed by atoms with Gasteiger partial charge in [0.2, 0.25) is 0 Å². The number of rotatable bonds is 4. The second-order valence-corrected chi connectivity index (χ2v) is 5.38. The largest absolute Gasteiger partial charge is 0.461 e. The number of halogens is 5. The molecule has 0 spiro atoms. The van der Waals surface area contributed by atoms with Crippen LogP contribution in [0.3, 0.4) is 0 Å². The Morgan fingerprint density at radius 1 is 1.15 bits per heavy atom. The molecule has 0 saturated carbocycles. The van der Waals surface area contributed by atoms with Crippen LogP contribution in [0.1, 0.15) is 32.4 Å². The molecule has 7 heteroatoms. The summed E-state index contributed by atoms with van der Waals surface area (Å²) in [6, 6.07) is 5.11. The van der Waals surface area contributed by atoms with E-state index < -0.39 is 18.6 Å².